The molecule has 0 spiro atoms. The molecule has 148 valence electrons. The van der Waals surface area contributed by atoms with Gasteiger partial charge in [0.05, 0.1) is 11.3 Å². The second-order valence-corrected chi connectivity index (χ2v) is 6.60. The lowest BCUT2D eigenvalue weighted by atomic mass is 10.1. The second-order valence-electron chi connectivity index (χ2n) is 5.72. The zero-order valence-corrected chi connectivity index (χ0v) is 15.9. The first-order valence-corrected chi connectivity index (χ1v) is 9.43. The van der Waals surface area contributed by atoms with Crippen molar-refractivity contribution in [1.29, 1.82) is 0 Å². The first-order chi connectivity index (χ1) is 13.2. The minimum Gasteiger partial charge on any atom is -0.449 e. The third-order valence-corrected chi connectivity index (χ3v) is 4.42. The van der Waals surface area contributed by atoms with E-state index in [1.54, 1.807) is 11.8 Å². The quantitative estimate of drug-likeness (QED) is 0.414. The summed E-state index contributed by atoms with van der Waals surface area (Å²) in [5.41, 5.74) is -0.603. The van der Waals surface area contributed by atoms with Gasteiger partial charge >= 0.3 is 12.1 Å². The standard InChI is InChI=1S/C20H18F3NO3S/c1-13(19(26)24-17-6-4-3-5-16(17)20(21,22)23)27-18(25)12-9-14-7-10-15(28-2)11-8-14/h3-13H,1-2H3,(H,24,26)/b12-9+/t13-/m1/s1. The molecule has 0 aliphatic carbocycles. The molecule has 0 saturated carbocycles. The maximum atomic E-state index is 13.0. The number of alkyl halides is 3. The number of anilines is 1. The summed E-state index contributed by atoms with van der Waals surface area (Å²) >= 11 is 1.59. The number of halogens is 3. The monoisotopic (exact) mass is 409 g/mol. The molecule has 0 heterocycles. The molecule has 2 aromatic carbocycles. The van der Waals surface area contributed by atoms with Crippen LogP contribution in [0.3, 0.4) is 0 Å². The predicted molar refractivity (Wildman–Crippen MR) is 103 cm³/mol. The summed E-state index contributed by atoms with van der Waals surface area (Å²) in [6.45, 7) is 1.28. The van der Waals surface area contributed by atoms with Crippen LogP contribution in [0.15, 0.2) is 59.5 Å². The fraction of sp³-hybridized carbons (Fsp3) is 0.200. The van der Waals surface area contributed by atoms with Gasteiger partial charge in [0.25, 0.3) is 5.91 Å². The Kier molecular flexibility index (Phi) is 7.28. The SMILES string of the molecule is CSc1ccc(/C=C/C(=O)O[C@H](C)C(=O)Nc2ccccc2C(F)(F)F)cc1. The molecule has 0 aliphatic heterocycles. The van der Waals surface area contributed by atoms with Crippen LogP contribution in [0, 0.1) is 0 Å². The van der Waals surface area contributed by atoms with E-state index in [0.717, 1.165) is 28.7 Å². The average Bonchev–Trinajstić information content (AvgIpc) is 2.66. The molecule has 0 bridgehead atoms. The van der Waals surface area contributed by atoms with Crippen LogP contribution in [0.2, 0.25) is 0 Å². The number of carbonyl (C=O) groups excluding carboxylic acids is 2. The molecule has 2 rings (SSSR count). The number of nitrogens with one attached hydrogen (secondary N) is 1. The van der Waals surface area contributed by atoms with Crippen molar-refractivity contribution < 1.29 is 27.5 Å². The van der Waals surface area contributed by atoms with Crippen molar-refractivity contribution in [3.63, 3.8) is 0 Å². The number of thioether (sulfide) groups is 1. The number of ether oxygens (including phenoxy) is 1. The van der Waals surface area contributed by atoms with E-state index in [-0.39, 0.29) is 0 Å². The topological polar surface area (TPSA) is 55.4 Å². The summed E-state index contributed by atoms with van der Waals surface area (Å²) in [4.78, 5) is 25.0. The highest BCUT2D eigenvalue weighted by molar-refractivity contribution is 7.98. The predicted octanol–water partition coefficient (Wildman–Crippen LogP) is 5.01. The lowest BCUT2D eigenvalue weighted by Gasteiger charge is -2.16. The van der Waals surface area contributed by atoms with Crippen LogP contribution in [0.1, 0.15) is 18.1 Å². The minimum absolute atomic E-state index is 0.396. The van der Waals surface area contributed by atoms with E-state index in [2.05, 4.69) is 5.32 Å². The van der Waals surface area contributed by atoms with Crippen LogP contribution in [-0.2, 0) is 20.5 Å². The molecule has 0 aliphatic rings. The molecule has 4 nitrogen and oxygen atoms in total. The van der Waals surface area contributed by atoms with Gasteiger partial charge in [0, 0.05) is 11.0 Å². The van der Waals surface area contributed by atoms with E-state index >= 15 is 0 Å². The van der Waals surface area contributed by atoms with E-state index < -0.39 is 35.4 Å². The van der Waals surface area contributed by atoms with Crippen molar-refractivity contribution in [3.05, 3.63) is 65.7 Å². The lowest BCUT2D eigenvalue weighted by molar-refractivity contribution is -0.148. The van der Waals surface area contributed by atoms with E-state index in [0.29, 0.717) is 0 Å². The Bertz CT molecular complexity index is 864. The van der Waals surface area contributed by atoms with Crippen molar-refractivity contribution in [3.8, 4) is 0 Å². The first-order valence-electron chi connectivity index (χ1n) is 8.20. The molecule has 1 amide bonds. The van der Waals surface area contributed by atoms with Gasteiger partial charge in [-0.25, -0.2) is 4.79 Å². The third-order valence-electron chi connectivity index (χ3n) is 3.68. The molecule has 1 N–H and O–H groups in total. The second kappa shape index (κ2) is 9.45. The summed E-state index contributed by atoms with van der Waals surface area (Å²) in [7, 11) is 0. The van der Waals surface area contributed by atoms with Crippen LogP contribution >= 0.6 is 11.8 Å². The molecule has 0 unspecified atom stereocenters. The molecule has 0 saturated heterocycles. The molecule has 2 aromatic rings. The summed E-state index contributed by atoms with van der Waals surface area (Å²) in [5, 5.41) is 2.15. The van der Waals surface area contributed by atoms with Crippen LogP contribution in [-0.4, -0.2) is 24.2 Å². The number of hydrogen-bond acceptors (Lipinski definition) is 4. The van der Waals surface area contributed by atoms with Crippen LogP contribution in [0.25, 0.3) is 6.08 Å². The zero-order chi connectivity index (χ0) is 20.7. The van der Waals surface area contributed by atoms with Crippen LogP contribution < -0.4 is 5.32 Å². The Labute approximate surface area is 164 Å². The molecule has 8 heteroatoms. The molecular formula is C20H18F3NO3S. The number of benzene rings is 2. The Morgan fingerprint density at radius 2 is 1.75 bits per heavy atom. The van der Waals surface area contributed by atoms with Gasteiger partial charge in [-0.05, 0) is 49.1 Å². The zero-order valence-electron chi connectivity index (χ0n) is 15.1. The van der Waals surface area contributed by atoms with Crippen molar-refractivity contribution in [1.82, 2.24) is 0 Å². The Balaban J connectivity index is 1.96. The lowest BCUT2D eigenvalue weighted by Crippen LogP contribution is -2.30. The van der Waals surface area contributed by atoms with Gasteiger partial charge in [-0.1, -0.05) is 24.3 Å². The number of carbonyl (C=O) groups is 2. The van der Waals surface area contributed by atoms with Gasteiger partial charge in [0.15, 0.2) is 6.10 Å². The number of hydrogen-bond donors (Lipinski definition) is 1. The number of esters is 1. The van der Waals surface area contributed by atoms with Gasteiger partial charge in [-0.3, -0.25) is 4.79 Å². The van der Waals surface area contributed by atoms with E-state index in [4.69, 9.17) is 4.74 Å². The van der Waals surface area contributed by atoms with E-state index in [9.17, 15) is 22.8 Å². The molecule has 1 atom stereocenters. The van der Waals surface area contributed by atoms with Crippen molar-refractivity contribution in [2.75, 3.05) is 11.6 Å². The average molecular weight is 409 g/mol. The highest BCUT2D eigenvalue weighted by Crippen LogP contribution is 2.34. The van der Waals surface area contributed by atoms with Gasteiger partial charge in [0.2, 0.25) is 0 Å². The summed E-state index contributed by atoms with van der Waals surface area (Å²) < 4.78 is 43.9. The van der Waals surface area contributed by atoms with Crippen molar-refractivity contribution >= 4 is 35.4 Å². The summed E-state index contributed by atoms with van der Waals surface area (Å²) in [6.07, 6.45) is -1.25. The third kappa shape index (κ3) is 6.16. The first kappa shape index (κ1) is 21.6. The van der Waals surface area contributed by atoms with Gasteiger partial charge < -0.3 is 10.1 Å². The van der Waals surface area contributed by atoms with Gasteiger partial charge in [-0.2, -0.15) is 13.2 Å². The van der Waals surface area contributed by atoms with Gasteiger partial charge in [0.1, 0.15) is 0 Å². The highest BCUT2D eigenvalue weighted by Gasteiger charge is 2.34. The number of rotatable bonds is 6. The number of amides is 1. The highest BCUT2D eigenvalue weighted by atomic mass is 32.2. The Morgan fingerprint density at radius 3 is 2.36 bits per heavy atom. The maximum Gasteiger partial charge on any atom is 0.418 e. The van der Waals surface area contributed by atoms with Gasteiger partial charge in [-0.15, -0.1) is 11.8 Å². The van der Waals surface area contributed by atoms with Crippen molar-refractivity contribution in [2.45, 2.75) is 24.1 Å². The van der Waals surface area contributed by atoms with E-state index in [1.807, 2.05) is 30.5 Å². The fourth-order valence-corrected chi connectivity index (χ4v) is 2.63. The van der Waals surface area contributed by atoms with Crippen LogP contribution in [0.5, 0.6) is 0 Å². The fourth-order valence-electron chi connectivity index (χ4n) is 2.22. The molecular weight excluding hydrogens is 391 g/mol. The Hall–Kier alpha value is -2.74. The minimum atomic E-state index is -4.61. The van der Waals surface area contributed by atoms with Crippen LogP contribution in [0.4, 0.5) is 18.9 Å². The molecule has 28 heavy (non-hydrogen) atoms. The maximum absolute atomic E-state index is 13.0. The molecule has 0 aromatic heterocycles. The number of para-hydroxylation sites is 1. The van der Waals surface area contributed by atoms with E-state index in [1.165, 1.54) is 25.1 Å². The normalized spacial score (nSPS) is 12.6. The smallest absolute Gasteiger partial charge is 0.418 e. The molecule has 0 fully saturated rings. The Morgan fingerprint density at radius 1 is 1.11 bits per heavy atom. The molecule has 0 radical (unpaired) electrons. The largest absolute Gasteiger partial charge is 0.449 e. The summed E-state index contributed by atoms with van der Waals surface area (Å²) in [6, 6.07) is 12.0. The summed E-state index contributed by atoms with van der Waals surface area (Å²) in [5.74, 6) is -1.64. The van der Waals surface area contributed by atoms with Crippen molar-refractivity contribution in [2.24, 2.45) is 0 Å².